The maximum absolute atomic E-state index is 12.6. The zero-order chi connectivity index (χ0) is 16.0. The molecule has 2 amide bonds. The number of hydrogen-bond acceptors (Lipinski definition) is 4. The summed E-state index contributed by atoms with van der Waals surface area (Å²) in [6, 6.07) is 4.46. The molecular formula is C16H16N2O4. The van der Waals surface area contributed by atoms with Gasteiger partial charge in [-0.3, -0.25) is 19.7 Å². The molecule has 0 spiro atoms. The van der Waals surface area contributed by atoms with Crippen LogP contribution in [0.2, 0.25) is 0 Å². The minimum absolute atomic E-state index is 0.000587. The van der Waals surface area contributed by atoms with Crippen LogP contribution in [-0.4, -0.2) is 16.7 Å². The van der Waals surface area contributed by atoms with Crippen molar-refractivity contribution < 1.29 is 14.5 Å². The summed E-state index contributed by atoms with van der Waals surface area (Å²) in [5.41, 5.74) is 0.702. The van der Waals surface area contributed by atoms with Crippen LogP contribution < -0.4 is 4.90 Å². The van der Waals surface area contributed by atoms with Crippen molar-refractivity contribution in [1.82, 2.24) is 0 Å². The van der Waals surface area contributed by atoms with E-state index in [0.29, 0.717) is 12.0 Å². The van der Waals surface area contributed by atoms with Crippen LogP contribution in [0.3, 0.4) is 0 Å². The summed E-state index contributed by atoms with van der Waals surface area (Å²) >= 11 is 0. The Morgan fingerprint density at radius 1 is 1.27 bits per heavy atom. The molecule has 0 unspecified atom stereocenters. The van der Waals surface area contributed by atoms with E-state index in [1.54, 1.807) is 19.1 Å². The van der Waals surface area contributed by atoms with Crippen LogP contribution >= 0.6 is 0 Å². The number of carbonyl (C=O) groups excluding carboxylic acids is 2. The summed E-state index contributed by atoms with van der Waals surface area (Å²) in [4.78, 5) is 36.9. The first-order valence-electron chi connectivity index (χ1n) is 7.21. The molecule has 1 aliphatic carbocycles. The molecule has 1 saturated heterocycles. The number of allylic oxidation sites excluding steroid dienone is 2. The third kappa shape index (κ3) is 2.03. The molecule has 3 atom stereocenters. The largest absolute Gasteiger partial charge is 0.274 e. The van der Waals surface area contributed by atoms with Crippen molar-refractivity contribution in [3.8, 4) is 0 Å². The molecule has 6 nitrogen and oxygen atoms in total. The van der Waals surface area contributed by atoms with E-state index in [9.17, 15) is 19.7 Å². The lowest BCUT2D eigenvalue weighted by molar-refractivity contribution is -0.385. The minimum atomic E-state index is -0.499. The summed E-state index contributed by atoms with van der Waals surface area (Å²) in [6.07, 6.45) is 4.43. The fourth-order valence-electron chi connectivity index (χ4n) is 3.34. The van der Waals surface area contributed by atoms with Crippen LogP contribution in [0.1, 0.15) is 18.9 Å². The molecule has 114 valence electrons. The predicted octanol–water partition coefficient (Wildman–Crippen LogP) is 2.60. The van der Waals surface area contributed by atoms with Crippen LogP contribution in [0.25, 0.3) is 0 Å². The van der Waals surface area contributed by atoms with Crippen molar-refractivity contribution >= 4 is 23.2 Å². The van der Waals surface area contributed by atoms with Crippen molar-refractivity contribution in [2.24, 2.45) is 17.8 Å². The minimum Gasteiger partial charge on any atom is -0.274 e. The normalized spacial score (nSPS) is 27.2. The van der Waals surface area contributed by atoms with Crippen molar-refractivity contribution in [3.63, 3.8) is 0 Å². The standard InChI is InChI=1S/C16H16N2O4/c1-9-6-7-11(8-13(9)18(21)22)17-15(19)12-5-3-4-10(2)14(12)16(17)20/h3-4,6-8,10,12,14H,5H2,1-2H3/t10-,12+,14+/m0/s1. The molecule has 1 aromatic rings. The molecule has 1 heterocycles. The van der Waals surface area contributed by atoms with E-state index in [0.717, 1.165) is 4.90 Å². The van der Waals surface area contributed by atoms with Gasteiger partial charge in [0.25, 0.3) is 5.69 Å². The quantitative estimate of drug-likeness (QED) is 0.364. The Kier molecular flexibility index (Phi) is 3.31. The van der Waals surface area contributed by atoms with E-state index < -0.39 is 4.92 Å². The molecule has 6 heteroatoms. The van der Waals surface area contributed by atoms with Gasteiger partial charge in [0.2, 0.25) is 11.8 Å². The molecule has 1 aromatic carbocycles. The molecule has 0 aromatic heterocycles. The number of hydrogen-bond donors (Lipinski definition) is 0. The smallest absolute Gasteiger partial charge is 0.274 e. The van der Waals surface area contributed by atoms with Crippen molar-refractivity contribution in [2.75, 3.05) is 4.90 Å². The Labute approximate surface area is 127 Å². The summed E-state index contributed by atoms with van der Waals surface area (Å²) in [7, 11) is 0. The maximum Gasteiger partial charge on any atom is 0.274 e. The van der Waals surface area contributed by atoms with Gasteiger partial charge in [0.05, 0.1) is 22.4 Å². The average molecular weight is 300 g/mol. The molecule has 0 saturated carbocycles. The Morgan fingerprint density at radius 3 is 2.64 bits per heavy atom. The van der Waals surface area contributed by atoms with E-state index in [-0.39, 0.29) is 40.9 Å². The number of nitro groups is 1. The van der Waals surface area contributed by atoms with Gasteiger partial charge in [0.1, 0.15) is 0 Å². The van der Waals surface area contributed by atoms with Gasteiger partial charge >= 0.3 is 0 Å². The first kappa shape index (κ1) is 14.4. The van der Waals surface area contributed by atoms with E-state index in [1.165, 1.54) is 6.07 Å². The van der Waals surface area contributed by atoms with E-state index in [1.807, 2.05) is 19.1 Å². The summed E-state index contributed by atoms with van der Waals surface area (Å²) < 4.78 is 0. The van der Waals surface area contributed by atoms with Crippen LogP contribution in [0.15, 0.2) is 30.4 Å². The van der Waals surface area contributed by atoms with Gasteiger partial charge < -0.3 is 0 Å². The highest BCUT2D eigenvalue weighted by Gasteiger charge is 2.50. The van der Waals surface area contributed by atoms with Crippen LogP contribution in [0.4, 0.5) is 11.4 Å². The zero-order valence-corrected chi connectivity index (χ0v) is 12.4. The van der Waals surface area contributed by atoms with Gasteiger partial charge in [-0.2, -0.15) is 0 Å². The molecule has 22 heavy (non-hydrogen) atoms. The van der Waals surface area contributed by atoms with E-state index in [2.05, 4.69) is 0 Å². The van der Waals surface area contributed by atoms with Gasteiger partial charge in [-0.1, -0.05) is 25.1 Å². The number of benzene rings is 1. The lowest BCUT2D eigenvalue weighted by atomic mass is 9.78. The molecule has 0 radical (unpaired) electrons. The van der Waals surface area contributed by atoms with Crippen molar-refractivity contribution in [3.05, 3.63) is 46.0 Å². The van der Waals surface area contributed by atoms with E-state index >= 15 is 0 Å². The first-order valence-corrected chi connectivity index (χ1v) is 7.21. The van der Waals surface area contributed by atoms with Crippen LogP contribution in [-0.2, 0) is 9.59 Å². The SMILES string of the molecule is Cc1ccc(N2C(=O)[C@@H]3[C@@H](C)C=CC[C@H]3C2=O)cc1[N+](=O)[O-]. The van der Waals surface area contributed by atoms with Crippen molar-refractivity contribution in [1.29, 1.82) is 0 Å². The zero-order valence-electron chi connectivity index (χ0n) is 12.4. The van der Waals surface area contributed by atoms with E-state index in [4.69, 9.17) is 0 Å². The summed E-state index contributed by atoms with van der Waals surface area (Å²) in [5, 5.41) is 11.1. The Bertz CT molecular complexity index is 710. The van der Waals surface area contributed by atoms with Gasteiger partial charge in [0, 0.05) is 11.6 Å². The molecule has 2 aliphatic rings. The highest BCUT2D eigenvalue weighted by Crippen LogP contribution is 2.41. The molecule has 0 N–H and O–H groups in total. The van der Waals surface area contributed by atoms with Crippen LogP contribution in [0.5, 0.6) is 0 Å². The molecule has 3 rings (SSSR count). The number of rotatable bonds is 2. The third-order valence-corrected chi connectivity index (χ3v) is 4.52. The second-order valence-corrected chi connectivity index (χ2v) is 5.90. The fraction of sp³-hybridized carbons (Fsp3) is 0.375. The molecule has 0 bridgehead atoms. The second kappa shape index (κ2) is 5.05. The van der Waals surface area contributed by atoms with Crippen LogP contribution in [0, 0.1) is 34.8 Å². The van der Waals surface area contributed by atoms with Gasteiger partial charge in [0.15, 0.2) is 0 Å². The van der Waals surface area contributed by atoms with Gasteiger partial charge in [-0.05, 0) is 25.3 Å². The third-order valence-electron chi connectivity index (χ3n) is 4.52. The Morgan fingerprint density at radius 2 is 2.00 bits per heavy atom. The lowest BCUT2D eigenvalue weighted by Gasteiger charge is -2.22. The number of fused-ring (bicyclic) bond motifs is 1. The van der Waals surface area contributed by atoms with Gasteiger partial charge in [-0.25, -0.2) is 4.90 Å². The number of aryl methyl sites for hydroxylation is 1. The summed E-state index contributed by atoms with van der Waals surface area (Å²) in [5.74, 6) is -1.24. The summed E-state index contributed by atoms with van der Waals surface area (Å²) in [6.45, 7) is 3.54. The molecule has 1 aliphatic heterocycles. The predicted molar refractivity (Wildman–Crippen MR) is 80.2 cm³/mol. The molecular weight excluding hydrogens is 284 g/mol. The number of nitrogens with zero attached hydrogens (tertiary/aromatic N) is 2. The van der Waals surface area contributed by atoms with Gasteiger partial charge in [-0.15, -0.1) is 0 Å². The second-order valence-electron chi connectivity index (χ2n) is 5.90. The number of nitro benzene ring substituents is 1. The highest BCUT2D eigenvalue weighted by molar-refractivity contribution is 6.22. The number of carbonyl (C=O) groups is 2. The number of imide groups is 1. The lowest BCUT2D eigenvalue weighted by Crippen LogP contribution is -2.31. The monoisotopic (exact) mass is 300 g/mol. The van der Waals surface area contributed by atoms with Crippen molar-refractivity contribution in [2.45, 2.75) is 20.3 Å². The highest BCUT2D eigenvalue weighted by atomic mass is 16.6. The Balaban J connectivity index is 2.03. The maximum atomic E-state index is 12.6. The Hall–Kier alpha value is -2.50. The fourth-order valence-corrected chi connectivity index (χ4v) is 3.34. The molecule has 1 fully saturated rings. The number of amides is 2. The first-order chi connectivity index (χ1) is 10.4. The topological polar surface area (TPSA) is 80.5 Å². The number of anilines is 1. The average Bonchev–Trinajstić information content (AvgIpc) is 2.73.